The Labute approximate surface area is 110 Å². The second-order valence-corrected chi connectivity index (χ2v) is 4.68. The third-order valence-corrected chi connectivity index (χ3v) is 3.21. The van der Waals surface area contributed by atoms with E-state index in [2.05, 4.69) is 4.98 Å². The van der Waals surface area contributed by atoms with Crippen molar-refractivity contribution in [3.05, 3.63) is 50.8 Å². The summed E-state index contributed by atoms with van der Waals surface area (Å²) in [5.74, 6) is 0.935. The van der Waals surface area contributed by atoms with Gasteiger partial charge in [0.25, 0.3) is 5.56 Å². The number of rotatable bonds is 4. The van der Waals surface area contributed by atoms with E-state index in [0.29, 0.717) is 12.1 Å². The van der Waals surface area contributed by atoms with Crippen LogP contribution in [0.3, 0.4) is 0 Å². The number of aryl methyl sites for hydroxylation is 4. The number of imidazole rings is 1. The molecule has 2 aromatic rings. The molecule has 0 aliphatic heterocycles. The maximum Gasteiger partial charge on any atom is 0.330 e. The van der Waals surface area contributed by atoms with Gasteiger partial charge < -0.3 is 9.13 Å². The summed E-state index contributed by atoms with van der Waals surface area (Å²) in [6.45, 7) is 4.82. The van der Waals surface area contributed by atoms with Crippen molar-refractivity contribution in [2.24, 2.45) is 7.05 Å². The summed E-state index contributed by atoms with van der Waals surface area (Å²) in [5, 5.41) is 0. The fraction of sp³-hybridized carbons (Fsp3) is 0.462. The molecule has 0 aromatic carbocycles. The minimum Gasteiger partial charge on any atom is -0.335 e. The van der Waals surface area contributed by atoms with Crippen molar-refractivity contribution in [1.29, 1.82) is 0 Å². The molecule has 0 unspecified atom stereocenters. The van der Waals surface area contributed by atoms with Gasteiger partial charge in [-0.05, 0) is 20.3 Å². The zero-order valence-electron chi connectivity index (χ0n) is 11.5. The van der Waals surface area contributed by atoms with E-state index < -0.39 is 0 Å². The number of nitrogens with zero attached hydrogens (tertiary/aromatic N) is 4. The van der Waals surface area contributed by atoms with Crippen LogP contribution in [0.25, 0.3) is 0 Å². The number of hydrogen-bond acceptors (Lipinski definition) is 3. The summed E-state index contributed by atoms with van der Waals surface area (Å²) in [4.78, 5) is 28.0. The molecule has 6 heteroatoms. The molecule has 0 fully saturated rings. The van der Waals surface area contributed by atoms with Gasteiger partial charge in [0.05, 0.1) is 0 Å². The topological polar surface area (TPSA) is 61.8 Å². The van der Waals surface area contributed by atoms with Crippen LogP contribution in [0.5, 0.6) is 0 Å². The summed E-state index contributed by atoms with van der Waals surface area (Å²) in [7, 11) is 1.66. The van der Waals surface area contributed by atoms with Crippen LogP contribution in [0, 0.1) is 13.8 Å². The maximum absolute atomic E-state index is 11.9. The molecule has 0 atom stereocenters. The third-order valence-electron chi connectivity index (χ3n) is 3.21. The van der Waals surface area contributed by atoms with Crippen LogP contribution in [-0.4, -0.2) is 18.7 Å². The van der Waals surface area contributed by atoms with Gasteiger partial charge in [0, 0.05) is 44.3 Å². The van der Waals surface area contributed by atoms with Crippen LogP contribution in [-0.2, 0) is 20.1 Å². The number of hydrogen-bond donors (Lipinski definition) is 0. The molecular weight excluding hydrogens is 244 g/mol. The normalized spacial score (nSPS) is 10.9. The van der Waals surface area contributed by atoms with E-state index >= 15 is 0 Å². The molecule has 19 heavy (non-hydrogen) atoms. The Morgan fingerprint density at radius 1 is 1.21 bits per heavy atom. The highest BCUT2D eigenvalue weighted by atomic mass is 16.2. The Hall–Kier alpha value is -2.11. The average Bonchev–Trinajstić information content (AvgIpc) is 2.77. The summed E-state index contributed by atoms with van der Waals surface area (Å²) < 4.78 is 4.74. The highest BCUT2D eigenvalue weighted by Crippen LogP contribution is 1.98. The van der Waals surface area contributed by atoms with Crippen molar-refractivity contribution >= 4 is 0 Å². The van der Waals surface area contributed by atoms with Crippen molar-refractivity contribution in [3.63, 3.8) is 0 Å². The zero-order valence-corrected chi connectivity index (χ0v) is 11.5. The highest BCUT2D eigenvalue weighted by molar-refractivity contribution is 5.02. The first-order valence-corrected chi connectivity index (χ1v) is 6.25. The Balaban J connectivity index is 2.15. The lowest BCUT2D eigenvalue weighted by Crippen LogP contribution is -2.39. The monoisotopic (exact) mass is 262 g/mol. The van der Waals surface area contributed by atoms with Gasteiger partial charge in [-0.3, -0.25) is 9.36 Å². The molecule has 0 radical (unpaired) electrons. The lowest BCUT2D eigenvalue weighted by atomic mass is 10.3. The predicted molar refractivity (Wildman–Crippen MR) is 72.3 cm³/mol. The second kappa shape index (κ2) is 5.26. The van der Waals surface area contributed by atoms with Crippen molar-refractivity contribution < 1.29 is 0 Å². The number of aromatic nitrogens is 4. The van der Waals surface area contributed by atoms with E-state index in [4.69, 9.17) is 0 Å². The van der Waals surface area contributed by atoms with Gasteiger partial charge in [0.2, 0.25) is 0 Å². The molecule has 0 spiro atoms. The van der Waals surface area contributed by atoms with Crippen LogP contribution >= 0.6 is 0 Å². The maximum atomic E-state index is 11.9. The second-order valence-electron chi connectivity index (χ2n) is 4.68. The van der Waals surface area contributed by atoms with Crippen LogP contribution in [0.4, 0.5) is 0 Å². The fourth-order valence-electron chi connectivity index (χ4n) is 2.13. The van der Waals surface area contributed by atoms with Crippen LogP contribution in [0.2, 0.25) is 0 Å². The minimum atomic E-state index is -0.266. The molecule has 0 amide bonds. The van der Waals surface area contributed by atoms with Gasteiger partial charge in [-0.2, -0.15) is 0 Å². The quantitative estimate of drug-likeness (QED) is 0.803. The van der Waals surface area contributed by atoms with Crippen molar-refractivity contribution in [2.45, 2.75) is 33.4 Å². The zero-order chi connectivity index (χ0) is 14.0. The Morgan fingerprint density at radius 3 is 2.58 bits per heavy atom. The molecule has 0 aliphatic rings. The third kappa shape index (κ3) is 2.67. The molecular formula is C13H18N4O2. The first-order chi connectivity index (χ1) is 9.00. The van der Waals surface area contributed by atoms with E-state index in [1.54, 1.807) is 26.4 Å². The fourth-order valence-corrected chi connectivity index (χ4v) is 2.13. The molecule has 0 saturated carbocycles. The van der Waals surface area contributed by atoms with Gasteiger partial charge in [-0.15, -0.1) is 0 Å². The lowest BCUT2D eigenvalue weighted by Gasteiger charge is -2.09. The summed E-state index contributed by atoms with van der Waals surface area (Å²) in [6.07, 6.45) is 5.93. The van der Waals surface area contributed by atoms with Gasteiger partial charge in [-0.1, -0.05) is 0 Å². The molecule has 0 bridgehead atoms. The molecule has 0 N–H and O–H groups in total. The first kappa shape index (κ1) is 13.3. The van der Waals surface area contributed by atoms with E-state index in [0.717, 1.165) is 18.8 Å². The Kier molecular flexibility index (Phi) is 3.69. The van der Waals surface area contributed by atoms with Crippen molar-refractivity contribution in [2.75, 3.05) is 0 Å². The molecule has 0 saturated heterocycles. The molecule has 6 nitrogen and oxygen atoms in total. The summed E-state index contributed by atoms with van der Waals surface area (Å²) >= 11 is 0. The smallest absolute Gasteiger partial charge is 0.330 e. The van der Waals surface area contributed by atoms with Crippen LogP contribution < -0.4 is 11.2 Å². The van der Waals surface area contributed by atoms with E-state index in [1.165, 1.54) is 9.13 Å². The van der Waals surface area contributed by atoms with Gasteiger partial charge in [0.15, 0.2) is 0 Å². The average molecular weight is 262 g/mol. The molecule has 2 heterocycles. The standard InChI is InChI=1S/C13H18N4O2/c1-10-9-15(3)13(19)17(12(10)18)7-4-6-16-8-5-14-11(16)2/h5,8-9H,4,6-7H2,1-3H3. The van der Waals surface area contributed by atoms with Gasteiger partial charge in [-0.25, -0.2) is 9.78 Å². The van der Waals surface area contributed by atoms with Crippen molar-refractivity contribution in [3.8, 4) is 0 Å². The van der Waals surface area contributed by atoms with E-state index in [-0.39, 0.29) is 11.2 Å². The minimum absolute atomic E-state index is 0.203. The highest BCUT2D eigenvalue weighted by Gasteiger charge is 2.06. The lowest BCUT2D eigenvalue weighted by molar-refractivity contribution is 0.513. The SMILES string of the molecule is Cc1cn(C)c(=O)n(CCCn2ccnc2C)c1=O. The summed E-state index contributed by atoms with van der Waals surface area (Å²) in [5.41, 5.74) is 0.115. The summed E-state index contributed by atoms with van der Waals surface area (Å²) in [6, 6.07) is 0. The van der Waals surface area contributed by atoms with Crippen LogP contribution in [0.1, 0.15) is 17.8 Å². The Morgan fingerprint density at radius 2 is 1.95 bits per heavy atom. The van der Waals surface area contributed by atoms with Crippen molar-refractivity contribution in [1.82, 2.24) is 18.7 Å². The molecule has 0 aliphatic carbocycles. The van der Waals surface area contributed by atoms with Gasteiger partial charge >= 0.3 is 5.69 Å². The molecule has 2 aromatic heterocycles. The predicted octanol–water partition coefficient (Wildman–Crippen LogP) is 0.451. The molecule has 2 rings (SSSR count). The first-order valence-electron chi connectivity index (χ1n) is 6.25. The Bertz CT molecular complexity index is 659. The molecule has 102 valence electrons. The van der Waals surface area contributed by atoms with Gasteiger partial charge in [0.1, 0.15) is 5.82 Å². The van der Waals surface area contributed by atoms with E-state index in [1.807, 2.05) is 17.7 Å². The van der Waals surface area contributed by atoms with Crippen LogP contribution in [0.15, 0.2) is 28.2 Å². The van der Waals surface area contributed by atoms with E-state index in [9.17, 15) is 9.59 Å². The largest absolute Gasteiger partial charge is 0.335 e.